The number of furan rings is 1. The number of halogens is 1. The van der Waals surface area contributed by atoms with Crippen LogP contribution in [-0.2, 0) is 6.54 Å². The molecule has 2 heterocycles. The third-order valence-corrected chi connectivity index (χ3v) is 4.04. The molecule has 118 valence electrons. The minimum atomic E-state index is 0. The van der Waals surface area contributed by atoms with Crippen LogP contribution in [0.25, 0.3) is 0 Å². The minimum absolute atomic E-state index is 0. The Morgan fingerprint density at radius 1 is 1.27 bits per heavy atom. The normalized spacial score (nSPS) is 17.4. The molecule has 0 aliphatic carbocycles. The Labute approximate surface area is 136 Å². The zero-order chi connectivity index (χ0) is 14.8. The average Bonchev–Trinajstić information content (AvgIpc) is 3.15. The highest BCUT2D eigenvalue weighted by Crippen LogP contribution is 2.34. The molecule has 4 nitrogen and oxygen atoms in total. The summed E-state index contributed by atoms with van der Waals surface area (Å²) in [5.74, 6) is 1.84. The fourth-order valence-corrected chi connectivity index (χ4v) is 2.89. The first-order valence-corrected chi connectivity index (χ1v) is 7.35. The molecule has 1 aromatic heterocycles. The maximum Gasteiger partial charge on any atom is 0.254 e. The number of carbonyl (C=O) groups excluding carboxylic acids is 1. The second-order valence-corrected chi connectivity index (χ2v) is 5.51. The number of carbonyl (C=O) groups is 1. The summed E-state index contributed by atoms with van der Waals surface area (Å²) >= 11 is 0. The van der Waals surface area contributed by atoms with Crippen molar-refractivity contribution in [2.45, 2.75) is 32.4 Å². The van der Waals surface area contributed by atoms with E-state index in [1.54, 1.807) is 0 Å². The van der Waals surface area contributed by atoms with E-state index < -0.39 is 0 Å². The van der Waals surface area contributed by atoms with Gasteiger partial charge in [-0.15, -0.1) is 12.4 Å². The van der Waals surface area contributed by atoms with Gasteiger partial charge in [-0.05, 0) is 49.6 Å². The second-order valence-electron chi connectivity index (χ2n) is 5.51. The predicted molar refractivity (Wildman–Crippen MR) is 88.0 cm³/mol. The molecule has 1 atom stereocenters. The van der Waals surface area contributed by atoms with Gasteiger partial charge in [-0.2, -0.15) is 0 Å². The lowest BCUT2D eigenvalue weighted by Crippen LogP contribution is -2.30. The van der Waals surface area contributed by atoms with Crippen molar-refractivity contribution in [2.75, 3.05) is 6.54 Å². The Bertz CT molecular complexity index is 636. The van der Waals surface area contributed by atoms with Gasteiger partial charge in [-0.3, -0.25) is 4.79 Å². The first-order chi connectivity index (χ1) is 10.2. The molecule has 2 N–H and O–H groups in total. The van der Waals surface area contributed by atoms with E-state index in [0.29, 0.717) is 12.1 Å². The molecule has 1 aromatic carbocycles. The Balaban J connectivity index is 0.00000176. The van der Waals surface area contributed by atoms with Crippen LogP contribution in [0.2, 0.25) is 0 Å². The van der Waals surface area contributed by atoms with E-state index in [-0.39, 0.29) is 24.4 Å². The lowest BCUT2D eigenvalue weighted by molar-refractivity contribution is 0.0719. The van der Waals surface area contributed by atoms with Gasteiger partial charge < -0.3 is 15.1 Å². The number of hydrogen-bond donors (Lipinski definition) is 1. The average molecular weight is 321 g/mol. The highest BCUT2D eigenvalue weighted by molar-refractivity contribution is 5.94. The Morgan fingerprint density at radius 3 is 2.59 bits per heavy atom. The van der Waals surface area contributed by atoms with E-state index in [4.69, 9.17) is 10.2 Å². The summed E-state index contributed by atoms with van der Waals surface area (Å²) in [7, 11) is 0. The second kappa shape index (κ2) is 6.99. The largest absolute Gasteiger partial charge is 0.464 e. The molecule has 0 spiro atoms. The van der Waals surface area contributed by atoms with Gasteiger partial charge >= 0.3 is 0 Å². The number of nitrogens with two attached hydrogens (primary N) is 1. The molecule has 5 heteroatoms. The number of aryl methyl sites for hydroxylation is 1. The van der Waals surface area contributed by atoms with Crippen molar-refractivity contribution in [3.8, 4) is 0 Å². The number of nitrogens with zero attached hydrogens (tertiary/aromatic N) is 1. The molecular formula is C17H21ClN2O2. The van der Waals surface area contributed by atoms with Crippen LogP contribution in [0.5, 0.6) is 0 Å². The molecule has 0 saturated carbocycles. The SMILES string of the molecule is Cc1ccc(C2CCCN2C(=O)c2ccc(CN)cc2)o1.Cl. The van der Waals surface area contributed by atoms with Crippen molar-refractivity contribution in [3.05, 3.63) is 59.0 Å². The van der Waals surface area contributed by atoms with Crippen LogP contribution in [0, 0.1) is 6.92 Å². The summed E-state index contributed by atoms with van der Waals surface area (Å²) in [6.07, 6.45) is 1.97. The maximum absolute atomic E-state index is 12.7. The maximum atomic E-state index is 12.7. The fourth-order valence-electron chi connectivity index (χ4n) is 2.89. The molecule has 1 fully saturated rings. The number of amides is 1. The fraction of sp³-hybridized carbons (Fsp3) is 0.353. The van der Waals surface area contributed by atoms with Crippen molar-refractivity contribution < 1.29 is 9.21 Å². The molecule has 1 saturated heterocycles. The Hall–Kier alpha value is -1.78. The third-order valence-electron chi connectivity index (χ3n) is 4.04. The molecule has 1 aliphatic heterocycles. The van der Waals surface area contributed by atoms with Crippen molar-refractivity contribution in [1.29, 1.82) is 0 Å². The van der Waals surface area contributed by atoms with Gasteiger partial charge in [-0.25, -0.2) is 0 Å². The van der Waals surface area contributed by atoms with Crippen molar-refractivity contribution in [2.24, 2.45) is 5.73 Å². The third kappa shape index (κ3) is 3.18. The monoisotopic (exact) mass is 320 g/mol. The van der Waals surface area contributed by atoms with E-state index in [0.717, 1.165) is 36.5 Å². The molecular weight excluding hydrogens is 300 g/mol. The molecule has 22 heavy (non-hydrogen) atoms. The highest BCUT2D eigenvalue weighted by atomic mass is 35.5. The zero-order valence-electron chi connectivity index (χ0n) is 12.6. The first kappa shape index (κ1) is 16.6. The molecule has 1 aliphatic rings. The van der Waals surface area contributed by atoms with Gasteiger partial charge in [0.15, 0.2) is 0 Å². The predicted octanol–water partition coefficient (Wildman–Crippen LogP) is 3.45. The van der Waals surface area contributed by atoms with Gasteiger partial charge in [0.05, 0.1) is 6.04 Å². The quantitative estimate of drug-likeness (QED) is 0.942. The van der Waals surface area contributed by atoms with Gasteiger partial charge in [0.2, 0.25) is 0 Å². The van der Waals surface area contributed by atoms with Gasteiger partial charge in [0, 0.05) is 18.7 Å². The molecule has 0 radical (unpaired) electrons. The summed E-state index contributed by atoms with van der Waals surface area (Å²) in [5.41, 5.74) is 7.33. The van der Waals surface area contributed by atoms with E-state index in [9.17, 15) is 4.79 Å². The lowest BCUT2D eigenvalue weighted by atomic mass is 10.1. The van der Waals surface area contributed by atoms with Crippen molar-refractivity contribution >= 4 is 18.3 Å². The van der Waals surface area contributed by atoms with Crippen LogP contribution in [0.15, 0.2) is 40.8 Å². The molecule has 0 bridgehead atoms. The summed E-state index contributed by atoms with van der Waals surface area (Å²) in [6.45, 7) is 3.20. The lowest BCUT2D eigenvalue weighted by Gasteiger charge is -2.23. The highest BCUT2D eigenvalue weighted by Gasteiger charge is 2.32. The van der Waals surface area contributed by atoms with E-state index in [1.807, 2.05) is 48.2 Å². The molecule has 1 amide bonds. The minimum Gasteiger partial charge on any atom is -0.464 e. The summed E-state index contributed by atoms with van der Waals surface area (Å²) in [4.78, 5) is 14.6. The summed E-state index contributed by atoms with van der Waals surface area (Å²) in [6, 6.07) is 11.5. The number of hydrogen-bond acceptors (Lipinski definition) is 3. The van der Waals surface area contributed by atoms with Crippen LogP contribution in [0.3, 0.4) is 0 Å². The van der Waals surface area contributed by atoms with Crippen LogP contribution in [-0.4, -0.2) is 17.4 Å². The van der Waals surface area contributed by atoms with Gasteiger partial charge in [-0.1, -0.05) is 12.1 Å². The van der Waals surface area contributed by atoms with Crippen molar-refractivity contribution in [1.82, 2.24) is 4.90 Å². The van der Waals surface area contributed by atoms with E-state index in [1.165, 1.54) is 0 Å². The number of rotatable bonds is 3. The topological polar surface area (TPSA) is 59.5 Å². The van der Waals surface area contributed by atoms with Crippen LogP contribution in [0.4, 0.5) is 0 Å². The molecule has 3 rings (SSSR count). The smallest absolute Gasteiger partial charge is 0.254 e. The molecule has 2 aromatic rings. The number of likely N-dealkylation sites (tertiary alicyclic amines) is 1. The van der Waals surface area contributed by atoms with E-state index in [2.05, 4.69) is 0 Å². The van der Waals surface area contributed by atoms with Gasteiger partial charge in [0.25, 0.3) is 5.91 Å². The summed E-state index contributed by atoms with van der Waals surface area (Å²) < 4.78 is 5.71. The molecule has 1 unspecified atom stereocenters. The standard InChI is InChI=1S/C17H20N2O2.ClH/c1-12-4-9-16(21-12)15-3-2-10-19(15)17(20)14-7-5-13(11-18)6-8-14;/h4-9,15H,2-3,10-11,18H2,1H3;1H. The van der Waals surface area contributed by atoms with E-state index >= 15 is 0 Å². The van der Waals surface area contributed by atoms with Crippen LogP contribution in [0.1, 0.15) is 46.3 Å². The number of benzene rings is 1. The first-order valence-electron chi connectivity index (χ1n) is 7.35. The Morgan fingerprint density at radius 2 is 2.00 bits per heavy atom. The van der Waals surface area contributed by atoms with Gasteiger partial charge in [0.1, 0.15) is 11.5 Å². The van der Waals surface area contributed by atoms with Crippen LogP contribution < -0.4 is 5.73 Å². The summed E-state index contributed by atoms with van der Waals surface area (Å²) in [5, 5.41) is 0. The zero-order valence-corrected chi connectivity index (χ0v) is 13.4. The van der Waals surface area contributed by atoms with Crippen molar-refractivity contribution in [3.63, 3.8) is 0 Å². The Kier molecular flexibility index (Phi) is 5.27. The van der Waals surface area contributed by atoms with Crippen LogP contribution >= 0.6 is 12.4 Å².